The molecule has 60 heavy (non-hydrogen) atoms. The number of thiophene rings is 1. The molecule has 9 rings (SSSR count). The predicted molar refractivity (Wildman–Crippen MR) is 255 cm³/mol. The molecule has 0 atom stereocenters. The first-order chi connectivity index (χ1) is 29.0. The molecule has 0 aliphatic carbocycles. The zero-order valence-electron chi connectivity index (χ0n) is 37.8. The normalized spacial score (nSPS) is 12.6. The van der Waals surface area contributed by atoms with E-state index in [0.29, 0.717) is 0 Å². The van der Waals surface area contributed by atoms with Crippen molar-refractivity contribution in [2.45, 2.75) is 73.0 Å². The third kappa shape index (κ3) is 8.73. The first-order valence-electron chi connectivity index (χ1n) is 21.4. The van der Waals surface area contributed by atoms with E-state index < -0.39 is 14.4 Å². The van der Waals surface area contributed by atoms with Crippen molar-refractivity contribution < 1.29 is 22.8 Å². The minimum Gasteiger partial charge on any atom is -0.332 e. The molecule has 9 aromatic rings. The van der Waals surface area contributed by atoms with Gasteiger partial charge >= 0.3 is 0 Å². The van der Waals surface area contributed by atoms with E-state index in [-0.39, 0.29) is 31.4 Å². The molecular formula is C53H52IrN4SSi-2. The molecule has 5 aromatic carbocycles. The van der Waals surface area contributed by atoms with E-state index in [9.17, 15) is 0 Å². The topological polar surface area (TPSA) is 43.6 Å². The summed E-state index contributed by atoms with van der Waals surface area (Å²) in [6, 6.07) is 46.6. The van der Waals surface area contributed by atoms with Crippen LogP contribution in [0.15, 0.2) is 134 Å². The van der Waals surface area contributed by atoms with E-state index in [0.717, 1.165) is 50.1 Å². The van der Waals surface area contributed by atoms with Crippen molar-refractivity contribution in [1.82, 2.24) is 19.5 Å². The Morgan fingerprint density at radius 1 is 0.850 bits per heavy atom. The number of rotatable bonds is 7. The number of aromatic nitrogens is 4. The van der Waals surface area contributed by atoms with Crippen LogP contribution in [-0.2, 0) is 31.9 Å². The number of benzene rings is 5. The van der Waals surface area contributed by atoms with E-state index >= 15 is 0 Å². The van der Waals surface area contributed by atoms with Gasteiger partial charge in [0.15, 0.2) is 0 Å². The number of imidazole rings is 1. The molecule has 0 saturated carbocycles. The van der Waals surface area contributed by atoms with Gasteiger partial charge in [-0.1, -0.05) is 138 Å². The number of hydrogen-bond acceptors (Lipinski definition) is 4. The van der Waals surface area contributed by atoms with Gasteiger partial charge in [0.25, 0.3) is 0 Å². The first-order valence-corrected chi connectivity index (χ1v) is 24.7. The number of nitrogens with zero attached hydrogens (tertiary/aromatic N) is 4. The van der Waals surface area contributed by atoms with Gasteiger partial charge < -0.3 is 9.55 Å². The molecule has 1 radical (unpaired) electrons. The molecule has 4 nitrogen and oxygen atoms in total. The van der Waals surface area contributed by atoms with Crippen molar-refractivity contribution >= 4 is 55.8 Å². The monoisotopic (exact) mass is 999 g/mol. The van der Waals surface area contributed by atoms with Gasteiger partial charge in [0.1, 0.15) is 0 Å². The number of aryl methyl sites for hydroxylation is 1. The second kappa shape index (κ2) is 17.5. The fourth-order valence-electron chi connectivity index (χ4n) is 7.76. The van der Waals surface area contributed by atoms with Crippen LogP contribution in [0.25, 0.3) is 70.7 Å². The summed E-state index contributed by atoms with van der Waals surface area (Å²) < 4.78 is 21.9. The van der Waals surface area contributed by atoms with E-state index in [4.69, 9.17) is 7.73 Å². The van der Waals surface area contributed by atoms with Crippen molar-refractivity contribution in [2.24, 2.45) is 5.92 Å². The van der Waals surface area contributed by atoms with Crippen molar-refractivity contribution in [3.8, 4) is 39.5 Å². The number of fused-ring (bicyclic) bond motifs is 4. The van der Waals surface area contributed by atoms with Gasteiger partial charge in [0.05, 0.1) is 31.1 Å². The second-order valence-corrected chi connectivity index (χ2v) is 23.7. The van der Waals surface area contributed by atoms with E-state index in [2.05, 4.69) is 153 Å². The quantitative estimate of drug-likeness (QED) is 0.118. The molecule has 4 heterocycles. The fraction of sp³-hybridized carbons (Fsp3) is 0.226. The van der Waals surface area contributed by atoms with Crippen molar-refractivity contribution in [2.75, 3.05) is 0 Å². The Balaban J connectivity index is 0.000000215. The van der Waals surface area contributed by atoms with Crippen molar-refractivity contribution in [3.05, 3.63) is 163 Å². The van der Waals surface area contributed by atoms with Gasteiger partial charge in [0, 0.05) is 45.6 Å². The van der Waals surface area contributed by atoms with E-state index in [1.165, 1.54) is 42.4 Å². The molecule has 0 saturated heterocycles. The third-order valence-electron chi connectivity index (χ3n) is 10.6. The maximum Gasteiger partial charge on any atom is 0.0822 e. The van der Waals surface area contributed by atoms with Crippen LogP contribution in [-0.4, -0.2) is 27.6 Å². The maximum absolute atomic E-state index is 8.55. The Kier molecular flexibility index (Phi) is 11.8. The smallest absolute Gasteiger partial charge is 0.0822 e. The van der Waals surface area contributed by atoms with Crippen molar-refractivity contribution in [3.63, 3.8) is 0 Å². The van der Waals surface area contributed by atoms with Crippen LogP contribution in [0.5, 0.6) is 0 Å². The molecular weight excluding hydrogens is 945 g/mol. The summed E-state index contributed by atoms with van der Waals surface area (Å²) in [6.07, 6.45) is 4.28. The molecule has 0 amide bonds. The van der Waals surface area contributed by atoms with E-state index in [1.807, 2.05) is 80.2 Å². The standard InChI is InChI=1S/C35H28N3S.C18H24NSi.Ir/c1-22-14-16-26(33-32(22)25-12-8-9-13-31(25)39-33)34-37-28-18-19-36-21-30(28)38(34)29-17-15-24(20-27(29)35(2,3)4)23-10-6-5-7-11-23;1-14(2)11-16-12-17(15-9-7-6-8-10-15)19-13-18(16)20(3,4)5;/h5-15,17-21H,1-4H3;6-9,12-14H,11H2,1-5H3;/q2*-1;/i;11D2;. The van der Waals surface area contributed by atoms with Crippen LogP contribution in [0.2, 0.25) is 19.6 Å². The SMILES string of the molecule is Cc1c[c-]c(-c2nc3ccncc3n2-c2ccc(-c3ccccc3)cc2C(C)(C)C)c2sc3ccccc3c12.[2H]C([2H])(c1cc(-c2[c-]cccc2)ncc1[Si](C)(C)C)C(C)C.[Ir]. The fourth-order valence-corrected chi connectivity index (χ4v) is 10.4. The van der Waals surface area contributed by atoms with Crippen LogP contribution in [0, 0.1) is 25.0 Å². The summed E-state index contributed by atoms with van der Waals surface area (Å²) in [5.74, 6) is 0.810. The molecule has 0 unspecified atom stereocenters. The minimum atomic E-state index is -1.67. The molecule has 0 spiro atoms. The zero-order valence-corrected chi connectivity index (χ0v) is 40.0. The Labute approximate surface area is 377 Å². The van der Waals surface area contributed by atoms with Crippen LogP contribution in [0.3, 0.4) is 0 Å². The van der Waals surface area contributed by atoms with E-state index in [1.54, 1.807) is 0 Å². The summed E-state index contributed by atoms with van der Waals surface area (Å²) in [5.41, 5.74) is 11.4. The average Bonchev–Trinajstić information content (AvgIpc) is 3.83. The average molecular weight is 999 g/mol. The number of hydrogen-bond donors (Lipinski definition) is 0. The predicted octanol–water partition coefficient (Wildman–Crippen LogP) is 13.8. The summed E-state index contributed by atoms with van der Waals surface area (Å²) in [4.78, 5) is 14.3. The Morgan fingerprint density at radius 2 is 1.60 bits per heavy atom. The van der Waals surface area contributed by atoms with Gasteiger partial charge in [-0.15, -0.1) is 53.6 Å². The number of pyridine rings is 2. The summed E-state index contributed by atoms with van der Waals surface area (Å²) in [7, 11) is -1.67. The molecule has 4 aromatic heterocycles. The largest absolute Gasteiger partial charge is 0.332 e. The van der Waals surface area contributed by atoms with Gasteiger partial charge in [0.2, 0.25) is 0 Å². The zero-order chi connectivity index (χ0) is 43.3. The molecule has 0 bridgehead atoms. The maximum atomic E-state index is 8.55. The van der Waals surface area contributed by atoms with Gasteiger partial charge in [-0.05, 0) is 79.6 Å². The van der Waals surface area contributed by atoms with Crippen LogP contribution in [0.4, 0.5) is 0 Å². The summed E-state index contributed by atoms with van der Waals surface area (Å²) >= 11 is 1.82. The van der Waals surface area contributed by atoms with Crippen LogP contribution >= 0.6 is 11.3 Å². The molecule has 0 N–H and O–H groups in total. The molecule has 7 heteroatoms. The minimum absolute atomic E-state index is 0. The molecule has 305 valence electrons. The van der Waals surface area contributed by atoms with Gasteiger partial charge in [-0.2, -0.15) is 11.3 Å². The Bertz CT molecular complexity index is 3020. The van der Waals surface area contributed by atoms with Crippen LogP contribution in [0.1, 0.15) is 54.1 Å². The molecule has 0 fully saturated rings. The summed E-state index contributed by atoms with van der Waals surface area (Å²) in [5, 5.41) is 3.68. The van der Waals surface area contributed by atoms with Crippen molar-refractivity contribution in [1.29, 1.82) is 0 Å². The Hall–Kier alpha value is -5.04. The third-order valence-corrected chi connectivity index (χ3v) is 13.8. The summed E-state index contributed by atoms with van der Waals surface area (Å²) in [6.45, 7) is 19.6. The van der Waals surface area contributed by atoms with Gasteiger partial charge in [-0.3, -0.25) is 9.97 Å². The molecule has 0 aliphatic heterocycles. The molecule has 0 aliphatic rings. The van der Waals surface area contributed by atoms with Gasteiger partial charge in [-0.25, -0.2) is 0 Å². The van der Waals surface area contributed by atoms with Crippen LogP contribution < -0.4 is 5.19 Å². The first kappa shape index (κ1) is 40.4. The second-order valence-electron chi connectivity index (χ2n) is 17.6. The Morgan fingerprint density at radius 3 is 2.32 bits per heavy atom.